The molecule has 0 aromatic heterocycles. The van der Waals surface area contributed by atoms with E-state index in [0.29, 0.717) is 5.57 Å². The van der Waals surface area contributed by atoms with Gasteiger partial charge in [0.1, 0.15) is 0 Å². The highest BCUT2D eigenvalue weighted by Crippen LogP contribution is 2.10. The standard InChI is InChI=1S/C16H15NO/c1-13(12-14-8-4-2-5-9-14)16(18)17-15-10-6-3-7-11-15/h2-12H,1H3,(H,17,18)/b13-12+. The van der Waals surface area contributed by atoms with Gasteiger partial charge in [-0.2, -0.15) is 0 Å². The van der Waals surface area contributed by atoms with Gasteiger partial charge in [0, 0.05) is 11.3 Å². The summed E-state index contributed by atoms with van der Waals surface area (Å²) in [7, 11) is 0. The molecule has 2 nitrogen and oxygen atoms in total. The van der Waals surface area contributed by atoms with E-state index in [-0.39, 0.29) is 5.91 Å². The van der Waals surface area contributed by atoms with Crippen LogP contribution in [0.3, 0.4) is 0 Å². The minimum atomic E-state index is -0.0787. The van der Waals surface area contributed by atoms with Crippen LogP contribution in [0.1, 0.15) is 12.5 Å². The molecule has 90 valence electrons. The van der Waals surface area contributed by atoms with E-state index in [1.807, 2.05) is 73.7 Å². The molecule has 2 aromatic carbocycles. The number of rotatable bonds is 3. The van der Waals surface area contributed by atoms with Crippen LogP contribution in [0.25, 0.3) is 6.08 Å². The Morgan fingerprint density at radius 3 is 2.11 bits per heavy atom. The zero-order valence-electron chi connectivity index (χ0n) is 10.3. The highest BCUT2D eigenvalue weighted by Gasteiger charge is 2.04. The van der Waals surface area contributed by atoms with Gasteiger partial charge in [-0.05, 0) is 30.7 Å². The lowest BCUT2D eigenvalue weighted by Crippen LogP contribution is -2.12. The van der Waals surface area contributed by atoms with Crippen LogP contribution in [-0.4, -0.2) is 5.91 Å². The van der Waals surface area contributed by atoms with Crippen molar-refractivity contribution in [1.82, 2.24) is 0 Å². The first-order chi connectivity index (χ1) is 8.75. The molecule has 0 aliphatic rings. The Morgan fingerprint density at radius 2 is 1.50 bits per heavy atom. The van der Waals surface area contributed by atoms with Gasteiger partial charge in [0.15, 0.2) is 0 Å². The Hall–Kier alpha value is -2.35. The third-order valence-electron chi connectivity index (χ3n) is 2.57. The third kappa shape index (κ3) is 3.32. The Labute approximate surface area is 107 Å². The van der Waals surface area contributed by atoms with Crippen molar-refractivity contribution in [1.29, 1.82) is 0 Å². The van der Waals surface area contributed by atoms with Crippen LogP contribution in [0, 0.1) is 0 Å². The van der Waals surface area contributed by atoms with Crippen LogP contribution < -0.4 is 5.32 Å². The van der Waals surface area contributed by atoms with Gasteiger partial charge in [-0.3, -0.25) is 4.79 Å². The lowest BCUT2D eigenvalue weighted by molar-refractivity contribution is -0.112. The van der Waals surface area contributed by atoms with Crippen molar-refractivity contribution in [3.05, 3.63) is 71.8 Å². The summed E-state index contributed by atoms with van der Waals surface area (Å²) in [4.78, 5) is 11.9. The predicted molar refractivity (Wildman–Crippen MR) is 75.2 cm³/mol. The largest absolute Gasteiger partial charge is 0.322 e. The van der Waals surface area contributed by atoms with E-state index in [1.54, 1.807) is 0 Å². The van der Waals surface area contributed by atoms with Gasteiger partial charge in [0.05, 0.1) is 0 Å². The summed E-state index contributed by atoms with van der Waals surface area (Å²) in [6.07, 6.45) is 1.87. The fraction of sp³-hybridized carbons (Fsp3) is 0.0625. The van der Waals surface area contributed by atoms with Crippen LogP contribution in [0.15, 0.2) is 66.2 Å². The maximum Gasteiger partial charge on any atom is 0.251 e. The summed E-state index contributed by atoms with van der Waals surface area (Å²) in [5, 5.41) is 2.85. The molecule has 2 rings (SSSR count). The molecule has 0 aliphatic heterocycles. The Morgan fingerprint density at radius 1 is 0.944 bits per heavy atom. The molecule has 0 saturated heterocycles. The molecule has 0 unspecified atom stereocenters. The molecule has 2 aromatic rings. The number of benzene rings is 2. The molecule has 2 heteroatoms. The predicted octanol–water partition coefficient (Wildman–Crippen LogP) is 3.73. The Balaban J connectivity index is 2.08. The summed E-state index contributed by atoms with van der Waals surface area (Å²) < 4.78 is 0. The third-order valence-corrected chi connectivity index (χ3v) is 2.57. The monoisotopic (exact) mass is 237 g/mol. The van der Waals surface area contributed by atoms with Crippen LogP contribution in [0.4, 0.5) is 5.69 Å². The highest BCUT2D eigenvalue weighted by molar-refractivity contribution is 6.06. The van der Waals surface area contributed by atoms with E-state index in [0.717, 1.165) is 11.3 Å². The number of anilines is 1. The van der Waals surface area contributed by atoms with Gasteiger partial charge >= 0.3 is 0 Å². The molecule has 0 saturated carbocycles. The SMILES string of the molecule is C/C(=C\c1ccccc1)C(=O)Nc1ccccc1. The van der Waals surface area contributed by atoms with Gasteiger partial charge in [0.2, 0.25) is 0 Å². The first kappa shape index (κ1) is 12.1. The normalized spacial score (nSPS) is 11.1. The molecule has 1 amide bonds. The number of hydrogen-bond acceptors (Lipinski definition) is 1. The van der Waals surface area contributed by atoms with E-state index in [9.17, 15) is 4.79 Å². The quantitative estimate of drug-likeness (QED) is 0.810. The van der Waals surface area contributed by atoms with Crippen molar-refractivity contribution in [2.75, 3.05) is 5.32 Å². The maximum absolute atomic E-state index is 11.9. The van der Waals surface area contributed by atoms with Gasteiger partial charge in [0.25, 0.3) is 5.91 Å². The van der Waals surface area contributed by atoms with E-state index >= 15 is 0 Å². The second kappa shape index (κ2) is 5.82. The summed E-state index contributed by atoms with van der Waals surface area (Å²) >= 11 is 0. The van der Waals surface area contributed by atoms with E-state index in [2.05, 4.69) is 5.32 Å². The van der Waals surface area contributed by atoms with Gasteiger partial charge in [-0.15, -0.1) is 0 Å². The number of carbonyl (C=O) groups is 1. The molecule has 0 fully saturated rings. The summed E-state index contributed by atoms with van der Waals surface area (Å²) in [6, 6.07) is 19.2. The molecule has 1 N–H and O–H groups in total. The maximum atomic E-state index is 11.9. The van der Waals surface area contributed by atoms with Crippen molar-refractivity contribution in [2.45, 2.75) is 6.92 Å². The van der Waals surface area contributed by atoms with E-state index < -0.39 is 0 Å². The highest BCUT2D eigenvalue weighted by atomic mass is 16.1. The molecule has 0 radical (unpaired) electrons. The van der Waals surface area contributed by atoms with Crippen molar-refractivity contribution in [3.8, 4) is 0 Å². The second-order valence-corrected chi connectivity index (χ2v) is 4.06. The summed E-state index contributed by atoms with van der Waals surface area (Å²) in [5.74, 6) is -0.0787. The van der Waals surface area contributed by atoms with Crippen LogP contribution in [0.2, 0.25) is 0 Å². The first-order valence-corrected chi connectivity index (χ1v) is 5.85. The molecular formula is C16H15NO. The molecule has 0 bridgehead atoms. The smallest absolute Gasteiger partial charge is 0.251 e. The average Bonchev–Trinajstić information content (AvgIpc) is 2.41. The topological polar surface area (TPSA) is 29.1 Å². The van der Waals surface area contributed by atoms with Gasteiger partial charge in [-0.25, -0.2) is 0 Å². The van der Waals surface area contributed by atoms with Crippen LogP contribution >= 0.6 is 0 Å². The molecule has 0 atom stereocenters. The Kier molecular flexibility index (Phi) is 3.92. The summed E-state index contributed by atoms with van der Waals surface area (Å²) in [6.45, 7) is 1.81. The fourth-order valence-electron chi connectivity index (χ4n) is 1.62. The number of amides is 1. The van der Waals surface area contributed by atoms with Crippen molar-refractivity contribution in [2.24, 2.45) is 0 Å². The number of carbonyl (C=O) groups excluding carboxylic acids is 1. The minimum Gasteiger partial charge on any atom is -0.322 e. The van der Waals surface area contributed by atoms with Crippen LogP contribution in [0.5, 0.6) is 0 Å². The lowest BCUT2D eigenvalue weighted by atomic mass is 10.1. The molecule has 18 heavy (non-hydrogen) atoms. The molecule has 0 aliphatic carbocycles. The zero-order valence-corrected chi connectivity index (χ0v) is 10.3. The minimum absolute atomic E-state index is 0.0787. The molecule has 0 spiro atoms. The van der Waals surface area contributed by atoms with E-state index in [1.165, 1.54) is 0 Å². The second-order valence-electron chi connectivity index (χ2n) is 4.06. The fourth-order valence-corrected chi connectivity index (χ4v) is 1.62. The first-order valence-electron chi connectivity index (χ1n) is 5.85. The Bertz CT molecular complexity index is 544. The van der Waals surface area contributed by atoms with Crippen molar-refractivity contribution >= 4 is 17.7 Å². The van der Waals surface area contributed by atoms with Gasteiger partial charge < -0.3 is 5.32 Å². The number of para-hydroxylation sites is 1. The lowest BCUT2D eigenvalue weighted by Gasteiger charge is -2.05. The van der Waals surface area contributed by atoms with Crippen LogP contribution in [-0.2, 0) is 4.79 Å². The zero-order chi connectivity index (χ0) is 12.8. The number of hydrogen-bond donors (Lipinski definition) is 1. The summed E-state index contributed by atoms with van der Waals surface area (Å²) in [5.41, 5.74) is 2.52. The number of nitrogens with one attached hydrogen (secondary N) is 1. The molecular weight excluding hydrogens is 222 g/mol. The average molecular weight is 237 g/mol. The molecule has 0 heterocycles. The van der Waals surface area contributed by atoms with E-state index in [4.69, 9.17) is 0 Å². The van der Waals surface area contributed by atoms with Crippen molar-refractivity contribution in [3.63, 3.8) is 0 Å². The van der Waals surface area contributed by atoms with Gasteiger partial charge in [-0.1, -0.05) is 48.5 Å². The van der Waals surface area contributed by atoms with Crippen molar-refractivity contribution < 1.29 is 4.79 Å².